The molecule has 1 saturated carbocycles. The number of ether oxygens (including phenoxy) is 1. The fraction of sp³-hybridized carbons (Fsp3) is 0.824. The van der Waals surface area contributed by atoms with Gasteiger partial charge in [-0.1, -0.05) is 12.2 Å². The van der Waals surface area contributed by atoms with E-state index in [9.17, 15) is 9.90 Å². The molecule has 0 aromatic carbocycles. The summed E-state index contributed by atoms with van der Waals surface area (Å²) in [6, 6.07) is 0. The van der Waals surface area contributed by atoms with Gasteiger partial charge >= 0.3 is 0 Å². The van der Waals surface area contributed by atoms with Gasteiger partial charge in [-0.25, -0.2) is 0 Å². The Bertz CT molecular complexity index is 410. The molecule has 4 heteroatoms. The van der Waals surface area contributed by atoms with Crippen LogP contribution in [0.3, 0.4) is 0 Å². The van der Waals surface area contributed by atoms with Crippen molar-refractivity contribution in [1.29, 1.82) is 0 Å². The number of hydrogen-bond donors (Lipinski definition) is 1. The molecule has 2 fully saturated rings. The second kappa shape index (κ2) is 6.09. The van der Waals surface area contributed by atoms with E-state index < -0.39 is 0 Å². The molecule has 0 bridgehead atoms. The molecule has 3 rings (SSSR count). The van der Waals surface area contributed by atoms with Crippen LogP contribution in [0.1, 0.15) is 45.4 Å². The highest BCUT2D eigenvalue weighted by Gasteiger charge is 2.56. The average molecular weight is 293 g/mol. The Morgan fingerprint density at radius 1 is 1.43 bits per heavy atom. The Morgan fingerprint density at radius 2 is 2.19 bits per heavy atom. The fourth-order valence-electron chi connectivity index (χ4n) is 4.21. The number of allylic oxidation sites excluding steroid dienone is 2. The molecule has 1 saturated heterocycles. The van der Waals surface area contributed by atoms with Crippen LogP contribution in [0, 0.1) is 11.3 Å². The van der Waals surface area contributed by atoms with Crippen LogP contribution in [0.5, 0.6) is 0 Å². The molecule has 0 aromatic heterocycles. The van der Waals surface area contributed by atoms with Gasteiger partial charge < -0.3 is 14.7 Å². The number of nitrogens with zero attached hydrogens (tertiary/aromatic N) is 1. The van der Waals surface area contributed by atoms with E-state index >= 15 is 0 Å². The van der Waals surface area contributed by atoms with Crippen LogP contribution >= 0.6 is 0 Å². The molecule has 0 aromatic rings. The van der Waals surface area contributed by atoms with E-state index in [2.05, 4.69) is 12.2 Å². The maximum Gasteiger partial charge on any atom is 0.223 e. The van der Waals surface area contributed by atoms with Crippen LogP contribution in [-0.2, 0) is 9.53 Å². The van der Waals surface area contributed by atoms with Crippen molar-refractivity contribution in [2.45, 2.75) is 57.7 Å². The minimum Gasteiger partial charge on any atom is -0.392 e. The molecule has 1 aliphatic heterocycles. The highest BCUT2D eigenvalue weighted by molar-refractivity contribution is 5.76. The van der Waals surface area contributed by atoms with Crippen molar-refractivity contribution >= 4 is 5.91 Å². The fourth-order valence-corrected chi connectivity index (χ4v) is 4.21. The van der Waals surface area contributed by atoms with Gasteiger partial charge in [0.15, 0.2) is 0 Å². The summed E-state index contributed by atoms with van der Waals surface area (Å²) in [5.41, 5.74) is -0.0833. The Labute approximate surface area is 127 Å². The summed E-state index contributed by atoms with van der Waals surface area (Å²) in [6.07, 6.45) is 9.71. The van der Waals surface area contributed by atoms with E-state index in [1.807, 2.05) is 11.8 Å². The number of carbonyl (C=O) groups is 1. The molecule has 0 unspecified atom stereocenters. The summed E-state index contributed by atoms with van der Waals surface area (Å²) < 4.78 is 5.77. The van der Waals surface area contributed by atoms with E-state index in [0.29, 0.717) is 18.9 Å². The highest BCUT2D eigenvalue weighted by Crippen LogP contribution is 2.51. The van der Waals surface area contributed by atoms with Crippen molar-refractivity contribution in [3.05, 3.63) is 12.2 Å². The zero-order valence-corrected chi connectivity index (χ0v) is 13.0. The largest absolute Gasteiger partial charge is 0.392 e. The van der Waals surface area contributed by atoms with Crippen LogP contribution in [0.2, 0.25) is 0 Å². The molecule has 3 atom stereocenters. The van der Waals surface area contributed by atoms with Crippen LogP contribution in [0.15, 0.2) is 12.2 Å². The third kappa shape index (κ3) is 2.76. The maximum atomic E-state index is 12.4. The molecule has 2 aliphatic carbocycles. The van der Waals surface area contributed by atoms with Gasteiger partial charge in [0.05, 0.1) is 12.2 Å². The van der Waals surface area contributed by atoms with E-state index in [0.717, 1.165) is 45.2 Å². The highest BCUT2D eigenvalue weighted by atomic mass is 16.5. The first-order chi connectivity index (χ1) is 10.2. The minimum atomic E-state index is -0.246. The van der Waals surface area contributed by atoms with E-state index in [1.165, 1.54) is 0 Å². The number of aliphatic hydroxyl groups is 1. The second-order valence-corrected chi connectivity index (χ2v) is 6.78. The molecule has 118 valence electrons. The van der Waals surface area contributed by atoms with Gasteiger partial charge in [0, 0.05) is 38.0 Å². The van der Waals surface area contributed by atoms with Crippen molar-refractivity contribution < 1.29 is 14.6 Å². The number of amides is 1. The number of piperidine rings is 1. The third-order valence-electron chi connectivity index (χ3n) is 5.71. The average Bonchev–Trinajstić information content (AvgIpc) is 3.00. The SMILES string of the molecule is CCO[C@@H]1C[C@@H](O)C12CCN(C(=O)C[C@@H]1C=CCC1)CC2. The normalized spacial score (nSPS) is 34.2. The van der Waals surface area contributed by atoms with Gasteiger partial charge in [0.25, 0.3) is 0 Å². The molecule has 21 heavy (non-hydrogen) atoms. The van der Waals surface area contributed by atoms with Crippen molar-refractivity contribution in [3.63, 3.8) is 0 Å². The minimum absolute atomic E-state index is 0.0833. The maximum absolute atomic E-state index is 12.4. The first-order valence-electron chi connectivity index (χ1n) is 8.40. The lowest BCUT2D eigenvalue weighted by molar-refractivity contribution is -0.210. The van der Waals surface area contributed by atoms with Crippen molar-refractivity contribution in [1.82, 2.24) is 4.90 Å². The van der Waals surface area contributed by atoms with Gasteiger partial charge in [-0.3, -0.25) is 4.79 Å². The molecule has 1 amide bonds. The predicted molar refractivity (Wildman–Crippen MR) is 80.8 cm³/mol. The smallest absolute Gasteiger partial charge is 0.223 e. The Balaban J connectivity index is 1.52. The lowest BCUT2D eigenvalue weighted by Gasteiger charge is -2.56. The van der Waals surface area contributed by atoms with E-state index in [-0.39, 0.29) is 23.5 Å². The molecule has 1 spiro atoms. The Kier molecular flexibility index (Phi) is 4.36. The Hall–Kier alpha value is -0.870. The number of likely N-dealkylation sites (tertiary alicyclic amines) is 1. The summed E-state index contributed by atoms with van der Waals surface area (Å²) in [7, 11) is 0. The third-order valence-corrected chi connectivity index (χ3v) is 5.71. The quantitative estimate of drug-likeness (QED) is 0.808. The first kappa shape index (κ1) is 15.0. The predicted octanol–water partition coefficient (Wildman–Crippen LogP) is 2.12. The van der Waals surface area contributed by atoms with Crippen LogP contribution in [0.4, 0.5) is 0 Å². The van der Waals surface area contributed by atoms with Crippen LogP contribution in [-0.4, -0.2) is 47.8 Å². The molecular formula is C17H27NO3. The Morgan fingerprint density at radius 3 is 2.76 bits per heavy atom. The summed E-state index contributed by atoms with van der Waals surface area (Å²) in [5.74, 6) is 0.724. The zero-order chi connectivity index (χ0) is 14.9. The summed E-state index contributed by atoms with van der Waals surface area (Å²) >= 11 is 0. The number of aliphatic hydroxyl groups excluding tert-OH is 1. The lowest BCUT2D eigenvalue weighted by atomic mass is 9.58. The molecule has 1 heterocycles. The topological polar surface area (TPSA) is 49.8 Å². The van der Waals surface area contributed by atoms with E-state index in [4.69, 9.17) is 4.74 Å². The zero-order valence-electron chi connectivity index (χ0n) is 13.0. The monoisotopic (exact) mass is 293 g/mol. The van der Waals surface area contributed by atoms with Crippen LogP contribution < -0.4 is 0 Å². The van der Waals surface area contributed by atoms with Gasteiger partial charge in [-0.05, 0) is 38.5 Å². The summed E-state index contributed by atoms with van der Waals surface area (Å²) in [5, 5.41) is 10.2. The molecule has 0 radical (unpaired) electrons. The number of hydrogen-bond acceptors (Lipinski definition) is 3. The van der Waals surface area contributed by atoms with Gasteiger partial charge in [-0.2, -0.15) is 0 Å². The molecule has 4 nitrogen and oxygen atoms in total. The summed E-state index contributed by atoms with van der Waals surface area (Å²) in [4.78, 5) is 14.4. The molecule has 1 N–H and O–H groups in total. The van der Waals surface area contributed by atoms with Gasteiger partial charge in [0.2, 0.25) is 5.91 Å². The number of carbonyl (C=O) groups excluding carboxylic acids is 1. The van der Waals surface area contributed by atoms with Crippen molar-refractivity contribution in [3.8, 4) is 0 Å². The molecule has 3 aliphatic rings. The van der Waals surface area contributed by atoms with Crippen LogP contribution in [0.25, 0.3) is 0 Å². The van der Waals surface area contributed by atoms with Gasteiger partial charge in [0.1, 0.15) is 0 Å². The lowest BCUT2D eigenvalue weighted by Crippen LogP contribution is -2.62. The number of rotatable bonds is 4. The van der Waals surface area contributed by atoms with Crippen molar-refractivity contribution in [2.75, 3.05) is 19.7 Å². The standard InChI is InChI=1S/C17H27NO3/c1-2-21-15-12-14(19)17(15)7-9-18(10-8-17)16(20)11-13-5-3-4-6-13/h3,5,13-15,19H,2,4,6-12H2,1H3/t13-,14-,15-/m1/s1. The molecular weight excluding hydrogens is 266 g/mol. The van der Waals surface area contributed by atoms with Crippen molar-refractivity contribution in [2.24, 2.45) is 11.3 Å². The van der Waals surface area contributed by atoms with E-state index in [1.54, 1.807) is 0 Å². The van der Waals surface area contributed by atoms with Gasteiger partial charge in [-0.15, -0.1) is 0 Å². The summed E-state index contributed by atoms with van der Waals surface area (Å²) in [6.45, 7) is 4.26. The first-order valence-corrected chi connectivity index (χ1v) is 8.40. The second-order valence-electron chi connectivity index (χ2n) is 6.78.